The first-order chi connectivity index (χ1) is 8.74. The quantitative estimate of drug-likeness (QED) is 0.676. The molecule has 0 spiro atoms. The summed E-state index contributed by atoms with van der Waals surface area (Å²) < 4.78 is 6.46. The molecule has 0 saturated carbocycles. The number of benzene rings is 1. The van der Waals surface area contributed by atoms with E-state index in [-0.39, 0.29) is 0 Å². The van der Waals surface area contributed by atoms with Crippen LogP contribution in [0.15, 0.2) is 47.1 Å². The third-order valence-electron chi connectivity index (χ3n) is 2.38. The van der Waals surface area contributed by atoms with E-state index in [4.69, 9.17) is 4.74 Å². The van der Waals surface area contributed by atoms with Crippen LogP contribution in [0.2, 0.25) is 0 Å². The van der Waals surface area contributed by atoms with Crippen LogP contribution in [0.5, 0.6) is 5.75 Å². The second-order valence-corrected chi connectivity index (χ2v) is 4.75. The van der Waals surface area contributed by atoms with Gasteiger partial charge in [-0.15, -0.1) is 0 Å². The van der Waals surface area contributed by atoms with Gasteiger partial charge in [0.25, 0.3) is 0 Å². The Kier molecular flexibility index (Phi) is 4.59. The van der Waals surface area contributed by atoms with Crippen molar-refractivity contribution in [3.8, 4) is 5.75 Å². The summed E-state index contributed by atoms with van der Waals surface area (Å²) in [7, 11) is 0. The van der Waals surface area contributed by atoms with Crippen molar-refractivity contribution >= 4 is 21.7 Å². The molecule has 2 rings (SSSR count). The first-order valence-corrected chi connectivity index (χ1v) is 6.59. The fourth-order valence-corrected chi connectivity index (χ4v) is 1.90. The lowest BCUT2D eigenvalue weighted by atomic mass is 10.2. The van der Waals surface area contributed by atoms with Gasteiger partial charge in [-0.1, -0.05) is 18.2 Å². The molecule has 1 aromatic carbocycles. The molecule has 0 unspecified atom stereocenters. The van der Waals surface area contributed by atoms with E-state index in [1.165, 1.54) is 5.56 Å². The van der Waals surface area contributed by atoms with Gasteiger partial charge >= 0.3 is 0 Å². The minimum Gasteiger partial charge on any atom is -0.492 e. The van der Waals surface area contributed by atoms with Crippen molar-refractivity contribution in [2.45, 2.75) is 6.92 Å². The Morgan fingerprint density at radius 1 is 1.22 bits per heavy atom. The summed E-state index contributed by atoms with van der Waals surface area (Å²) in [6, 6.07) is 13.8. The third-order valence-corrected chi connectivity index (χ3v) is 2.82. The number of anilines is 1. The minimum atomic E-state index is 0.609. The van der Waals surface area contributed by atoms with Crippen LogP contribution in [0.25, 0.3) is 0 Å². The molecule has 0 aliphatic carbocycles. The first-order valence-electron chi connectivity index (χ1n) is 5.80. The zero-order valence-electron chi connectivity index (χ0n) is 10.2. The highest BCUT2D eigenvalue weighted by atomic mass is 79.9. The van der Waals surface area contributed by atoms with Crippen molar-refractivity contribution in [1.82, 2.24) is 4.98 Å². The van der Waals surface area contributed by atoms with Gasteiger partial charge in [0.15, 0.2) is 0 Å². The maximum absolute atomic E-state index is 5.64. The lowest BCUT2D eigenvalue weighted by molar-refractivity contribution is 0.332. The first kappa shape index (κ1) is 12.9. The highest BCUT2D eigenvalue weighted by Crippen LogP contribution is 2.12. The number of aromatic nitrogens is 1. The van der Waals surface area contributed by atoms with Crippen LogP contribution in [-0.2, 0) is 0 Å². The van der Waals surface area contributed by atoms with Crippen LogP contribution in [0.4, 0.5) is 5.82 Å². The molecule has 0 atom stereocenters. The van der Waals surface area contributed by atoms with Crippen LogP contribution >= 0.6 is 15.9 Å². The Bertz CT molecular complexity index is 469. The predicted molar refractivity (Wildman–Crippen MR) is 77.1 cm³/mol. The number of nitrogens with zero attached hydrogens (tertiary/aromatic N) is 1. The Morgan fingerprint density at radius 3 is 2.83 bits per heavy atom. The van der Waals surface area contributed by atoms with E-state index in [1.807, 2.05) is 36.4 Å². The van der Waals surface area contributed by atoms with Gasteiger partial charge in [0.1, 0.15) is 22.8 Å². The standard InChI is InChI=1S/C14H15BrN2O/c1-11-4-2-5-12(10-11)18-9-8-16-14-7-3-6-13(15)17-14/h2-7,10H,8-9H2,1H3,(H,16,17). The van der Waals surface area contributed by atoms with Crippen molar-refractivity contribution in [1.29, 1.82) is 0 Å². The molecule has 1 N–H and O–H groups in total. The topological polar surface area (TPSA) is 34.1 Å². The lowest BCUT2D eigenvalue weighted by Gasteiger charge is -2.08. The molecule has 4 heteroatoms. The fraction of sp³-hybridized carbons (Fsp3) is 0.214. The van der Waals surface area contributed by atoms with Gasteiger partial charge in [0.05, 0.1) is 6.54 Å². The normalized spacial score (nSPS) is 10.1. The van der Waals surface area contributed by atoms with Crippen LogP contribution in [0.3, 0.4) is 0 Å². The molecule has 0 saturated heterocycles. The molecule has 3 nitrogen and oxygen atoms in total. The van der Waals surface area contributed by atoms with Crippen LogP contribution in [0, 0.1) is 6.92 Å². The Hall–Kier alpha value is -1.55. The molecule has 1 heterocycles. The van der Waals surface area contributed by atoms with Crippen LogP contribution < -0.4 is 10.1 Å². The molecule has 1 aromatic heterocycles. The maximum atomic E-state index is 5.64. The van der Waals surface area contributed by atoms with Crippen molar-refractivity contribution in [2.75, 3.05) is 18.5 Å². The Morgan fingerprint density at radius 2 is 2.06 bits per heavy atom. The number of hydrogen-bond donors (Lipinski definition) is 1. The van der Waals surface area contributed by atoms with Gasteiger partial charge in [0, 0.05) is 0 Å². The van der Waals surface area contributed by atoms with Crippen LogP contribution in [0.1, 0.15) is 5.56 Å². The number of hydrogen-bond acceptors (Lipinski definition) is 3. The van der Waals surface area contributed by atoms with Gasteiger partial charge in [0.2, 0.25) is 0 Å². The zero-order valence-corrected chi connectivity index (χ0v) is 11.8. The van der Waals surface area contributed by atoms with Crippen molar-refractivity contribution in [3.63, 3.8) is 0 Å². The number of pyridine rings is 1. The van der Waals surface area contributed by atoms with E-state index < -0.39 is 0 Å². The Labute approximate surface area is 115 Å². The van der Waals surface area contributed by atoms with Gasteiger partial charge < -0.3 is 10.1 Å². The van der Waals surface area contributed by atoms with Gasteiger partial charge in [-0.05, 0) is 52.7 Å². The van der Waals surface area contributed by atoms with Crippen molar-refractivity contribution in [2.24, 2.45) is 0 Å². The molecule has 94 valence electrons. The number of halogens is 1. The fourth-order valence-electron chi connectivity index (χ4n) is 1.56. The third kappa shape index (κ3) is 4.04. The van der Waals surface area contributed by atoms with Crippen LogP contribution in [-0.4, -0.2) is 18.1 Å². The molecular weight excluding hydrogens is 292 g/mol. The molecule has 0 aliphatic heterocycles. The summed E-state index contributed by atoms with van der Waals surface area (Å²) in [4.78, 5) is 4.28. The van der Waals surface area contributed by atoms with E-state index in [1.54, 1.807) is 0 Å². The average molecular weight is 307 g/mol. The highest BCUT2D eigenvalue weighted by molar-refractivity contribution is 9.10. The summed E-state index contributed by atoms with van der Waals surface area (Å²) >= 11 is 3.33. The second-order valence-electron chi connectivity index (χ2n) is 3.94. The van der Waals surface area contributed by atoms with E-state index >= 15 is 0 Å². The monoisotopic (exact) mass is 306 g/mol. The predicted octanol–water partition coefficient (Wildman–Crippen LogP) is 3.64. The van der Waals surface area contributed by atoms with Crippen molar-refractivity contribution < 1.29 is 4.74 Å². The van der Waals surface area contributed by atoms with Gasteiger partial charge in [-0.25, -0.2) is 4.98 Å². The second kappa shape index (κ2) is 6.40. The lowest BCUT2D eigenvalue weighted by Crippen LogP contribution is -2.12. The van der Waals surface area contributed by atoms with E-state index in [0.717, 1.165) is 22.7 Å². The molecule has 0 radical (unpaired) electrons. The number of aryl methyl sites for hydroxylation is 1. The highest BCUT2D eigenvalue weighted by Gasteiger charge is 1.96. The van der Waals surface area contributed by atoms with Crippen molar-refractivity contribution in [3.05, 3.63) is 52.6 Å². The molecule has 0 bridgehead atoms. The van der Waals surface area contributed by atoms with E-state index in [2.05, 4.69) is 39.2 Å². The summed E-state index contributed by atoms with van der Waals surface area (Å²) in [6.07, 6.45) is 0. The minimum absolute atomic E-state index is 0.609. The largest absolute Gasteiger partial charge is 0.492 e. The number of ether oxygens (including phenoxy) is 1. The molecule has 0 aliphatic rings. The SMILES string of the molecule is Cc1cccc(OCCNc2cccc(Br)n2)c1. The molecule has 2 aromatic rings. The number of nitrogens with one attached hydrogen (secondary N) is 1. The molecule has 0 fully saturated rings. The number of rotatable bonds is 5. The molecular formula is C14H15BrN2O. The summed E-state index contributed by atoms with van der Waals surface area (Å²) in [6.45, 7) is 3.38. The van der Waals surface area contributed by atoms with Gasteiger partial charge in [-0.2, -0.15) is 0 Å². The average Bonchev–Trinajstić information content (AvgIpc) is 2.35. The molecule has 0 amide bonds. The zero-order chi connectivity index (χ0) is 12.8. The Balaban J connectivity index is 1.76. The maximum Gasteiger partial charge on any atom is 0.127 e. The molecule has 18 heavy (non-hydrogen) atoms. The summed E-state index contributed by atoms with van der Waals surface area (Å²) in [5.74, 6) is 1.75. The van der Waals surface area contributed by atoms with Gasteiger partial charge in [-0.3, -0.25) is 0 Å². The smallest absolute Gasteiger partial charge is 0.127 e. The van der Waals surface area contributed by atoms with E-state index in [0.29, 0.717) is 6.61 Å². The van der Waals surface area contributed by atoms with E-state index in [9.17, 15) is 0 Å². The summed E-state index contributed by atoms with van der Waals surface area (Å²) in [5.41, 5.74) is 1.20. The summed E-state index contributed by atoms with van der Waals surface area (Å²) in [5, 5.41) is 3.20.